The SMILES string of the molecule is COCc1ccc(C(C)O)cc1Br. The molecule has 0 aliphatic heterocycles. The first-order valence-corrected chi connectivity index (χ1v) is 4.89. The lowest BCUT2D eigenvalue weighted by Gasteiger charge is -2.08. The van der Waals surface area contributed by atoms with Gasteiger partial charge in [0, 0.05) is 11.6 Å². The molecule has 0 bridgehead atoms. The Morgan fingerprint density at radius 1 is 1.54 bits per heavy atom. The summed E-state index contributed by atoms with van der Waals surface area (Å²) in [6.45, 7) is 2.33. The van der Waals surface area contributed by atoms with Crippen molar-refractivity contribution in [2.75, 3.05) is 7.11 Å². The van der Waals surface area contributed by atoms with Gasteiger partial charge in [0.15, 0.2) is 0 Å². The lowest BCUT2D eigenvalue weighted by atomic mass is 10.1. The van der Waals surface area contributed by atoms with Crippen molar-refractivity contribution in [2.24, 2.45) is 0 Å². The summed E-state index contributed by atoms with van der Waals surface area (Å²) < 4.78 is 6.00. The molecule has 3 heteroatoms. The number of hydrogen-bond acceptors (Lipinski definition) is 2. The van der Waals surface area contributed by atoms with E-state index in [2.05, 4.69) is 15.9 Å². The van der Waals surface area contributed by atoms with Gasteiger partial charge in [-0.1, -0.05) is 28.1 Å². The third kappa shape index (κ3) is 2.79. The van der Waals surface area contributed by atoms with E-state index in [1.807, 2.05) is 18.2 Å². The fourth-order valence-electron chi connectivity index (χ4n) is 1.10. The minimum Gasteiger partial charge on any atom is -0.389 e. The quantitative estimate of drug-likeness (QED) is 0.886. The van der Waals surface area contributed by atoms with Crippen molar-refractivity contribution in [3.63, 3.8) is 0 Å². The van der Waals surface area contributed by atoms with Crippen LogP contribution in [0.2, 0.25) is 0 Å². The van der Waals surface area contributed by atoms with E-state index in [1.54, 1.807) is 14.0 Å². The molecule has 1 atom stereocenters. The van der Waals surface area contributed by atoms with E-state index < -0.39 is 6.10 Å². The lowest BCUT2D eigenvalue weighted by Crippen LogP contribution is -1.94. The summed E-state index contributed by atoms with van der Waals surface area (Å²) in [6.07, 6.45) is -0.423. The summed E-state index contributed by atoms with van der Waals surface area (Å²) in [5.74, 6) is 0. The summed E-state index contributed by atoms with van der Waals surface area (Å²) in [6, 6.07) is 5.78. The van der Waals surface area contributed by atoms with Crippen molar-refractivity contribution in [3.05, 3.63) is 33.8 Å². The van der Waals surface area contributed by atoms with Gasteiger partial charge in [-0.3, -0.25) is 0 Å². The minimum absolute atomic E-state index is 0.423. The van der Waals surface area contributed by atoms with E-state index in [0.717, 1.165) is 15.6 Å². The normalized spacial score (nSPS) is 12.9. The molecule has 0 saturated carbocycles. The van der Waals surface area contributed by atoms with Gasteiger partial charge in [-0.25, -0.2) is 0 Å². The van der Waals surface area contributed by atoms with Crippen LogP contribution in [0.1, 0.15) is 24.2 Å². The van der Waals surface area contributed by atoms with E-state index in [9.17, 15) is 5.11 Å². The van der Waals surface area contributed by atoms with Crippen molar-refractivity contribution < 1.29 is 9.84 Å². The molecule has 0 aliphatic rings. The van der Waals surface area contributed by atoms with Crippen molar-refractivity contribution in [3.8, 4) is 0 Å². The second-order valence-electron chi connectivity index (χ2n) is 2.96. The van der Waals surface area contributed by atoms with E-state index >= 15 is 0 Å². The van der Waals surface area contributed by atoms with Gasteiger partial charge in [-0.2, -0.15) is 0 Å². The molecule has 1 unspecified atom stereocenters. The molecule has 1 rings (SSSR count). The Kier molecular flexibility index (Phi) is 3.90. The van der Waals surface area contributed by atoms with Crippen molar-refractivity contribution in [2.45, 2.75) is 19.6 Å². The fraction of sp³-hybridized carbons (Fsp3) is 0.400. The average Bonchev–Trinajstić information content (AvgIpc) is 2.08. The van der Waals surface area contributed by atoms with E-state index in [-0.39, 0.29) is 0 Å². The Bertz CT molecular complexity index is 284. The van der Waals surface area contributed by atoms with Gasteiger partial charge in [-0.05, 0) is 24.1 Å². The number of halogens is 1. The lowest BCUT2D eigenvalue weighted by molar-refractivity contribution is 0.183. The van der Waals surface area contributed by atoms with Gasteiger partial charge in [0.1, 0.15) is 0 Å². The molecule has 0 saturated heterocycles. The number of aliphatic hydroxyl groups is 1. The Balaban J connectivity index is 2.92. The van der Waals surface area contributed by atoms with Crippen LogP contribution in [0.4, 0.5) is 0 Å². The number of benzene rings is 1. The van der Waals surface area contributed by atoms with Crippen molar-refractivity contribution in [1.29, 1.82) is 0 Å². The topological polar surface area (TPSA) is 29.5 Å². The van der Waals surface area contributed by atoms with Crippen LogP contribution in [0.5, 0.6) is 0 Å². The molecule has 0 amide bonds. The van der Waals surface area contributed by atoms with Gasteiger partial charge in [-0.15, -0.1) is 0 Å². The molecule has 1 aromatic rings. The zero-order chi connectivity index (χ0) is 9.84. The third-order valence-electron chi connectivity index (χ3n) is 1.86. The highest BCUT2D eigenvalue weighted by atomic mass is 79.9. The van der Waals surface area contributed by atoms with Gasteiger partial charge >= 0.3 is 0 Å². The number of aliphatic hydroxyl groups excluding tert-OH is 1. The molecular weight excluding hydrogens is 232 g/mol. The fourth-order valence-corrected chi connectivity index (χ4v) is 1.61. The van der Waals surface area contributed by atoms with Crippen LogP contribution < -0.4 is 0 Å². The molecule has 0 aromatic heterocycles. The van der Waals surface area contributed by atoms with Crippen LogP contribution in [0, 0.1) is 0 Å². The van der Waals surface area contributed by atoms with Crippen LogP contribution in [-0.2, 0) is 11.3 Å². The van der Waals surface area contributed by atoms with Crippen molar-refractivity contribution >= 4 is 15.9 Å². The largest absolute Gasteiger partial charge is 0.389 e. The van der Waals surface area contributed by atoms with Gasteiger partial charge in [0.2, 0.25) is 0 Å². The highest BCUT2D eigenvalue weighted by Crippen LogP contribution is 2.22. The van der Waals surface area contributed by atoms with E-state index in [0.29, 0.717) is 6.61 Å². The zero-order valence-electron chi connectivity index (χ0n) is 7.75. The molecule has 72 valence electrons. The highest BCUT2D eigenvalue weighted by Gasteiger charge is 2.04. The maximum absolute atomic E-state index is 9.32. The minimum atomic E-state index is -0.423. The van der Waals surface area contributed by atoms with Crippen LogP contribution >= 0.6 is 15.9 Å². The van der Waals surface area contributed by atoms with Gasteiger partial charge in [0.25, 0.3) is 0 Å². The molecule has 1 aromatic carbocycles. The smallest absolute Gasteiger partial charge is 0.0762 e. The Morgan fingerprint density at radius 2 is 2.23 bits per heavy atom. The standard InChI is InChI=1S/C10H13BrO2/c1-7(12)8-3-4-9(6-13-2)10(11)5-8/h3-5,7,12H,6H2,1-2H3. The van der Waals surface area contributed by atoms with Crippen LogP contribution in [0.15, 0.2) is 22.7 Å². The molecule has 0 fully saturated rings. The molecule has 1 N–H and O–H groups in total. The number of methoxy groups -OCH3 is 1. The van der Waals surface area contributed by atoms with Crippen LogP contribution in [0.25, 0.3) is 0 Å². The number of hydrogen-bond donors (Lipinski definition) is 1. The highest BCUT2D eigenvalue weighted by molar-refractivity contribution is 9.10. The van der Waals surface area contributed by atoms with Crippen LogP contribution in [0.3, 0.4) is 0 Å². The Morgan fingerprint density at radius 3 is 2.69 bits per heavy atom. The van der Waals surface area contributed by atoms with Crippen molar-refractivity contribution in [1.82, 2.24) is 0 Å². The summed E-state index contributed by atoms with van der Waals surface area (Å²) in [4.78, 5) is 0. The zero-order valence-corrected chi connectivity index (χ0v) is 9.34. The molecular formula is C10H13BrO2. The first-order chi connectivity index (χ1) is 6.15. The molecule has 0 spiro atoms. The predicted molar refractivity (Wildman–Crippen MR) is 55.5 cm³/mol. The summed E-state index contributed by atoms with van der Waals surface area (Å²) in [7, 11) is 1.66. The monoisotopic (exact) mass is 244 g/mol. The second kappa shape index (κ2) is 4.74. The first kappa shape index (κ1) is 10.7. The maximum Gasteiger partial charge on any atom is 0.0762 e. The maximum atomic E-state index is 9.32. The summed E-state index contributed by atoms with van der Waals surface area (Å²) in [5, 5.41) is 9.32. The number of ether oxygens (including phenoxy) is 1. The second-order valence-corrected chi connectivity index (χ2v) is 3.81. The molecule has 0 aliphatic carbocycles. The molecule has 13 heavy (non-hydrogen) atoms. The summed E-state index contributed by atoms with van der Waals surface area (Å²) >= 11 is 3.43. The van der Waals surface area contributed by atoms with Gasteiger partial charge in [0.05, 0.1) is 12.7 Å². The number of rotatable bonds is 3. The summed E-state index contributed by atoms with van der Waals surface area (Å²) in [5.41, 5.74) is 2.00. The Labute approximate surface area is 86.7 Å². The third-order valence-corrected chi connectivity index (χ3v) is 2.60. The van der Waals surface area contributed by atoms with E-state index in [4.69, 9.17) is 4.74 Å². The molecule has 0 heterocycles. The predicted octanol–water partition coefficient (Wildman–Crippen LogP) is 2.65. The van der Waals surface area contributed by atoms with E-state index in [1.165, 1.54) is 0 Å². The van der Waals surface area contributed by atoms with Gasteiger partial charge < -0.3 is 9.84 Å². The van der Waals surface area contributed by atoms with Crippen LogP contribution in [-0.4, -0.2) is 12.2 Å². The molecule has 2 nitrogen and oxygen atoms in total. The average molecular weight is 245 g/mol. The Hall–Kier alpha value is -0.380. The molecule has 0 radical (unpaired) electrons. The first-order valence-electron chi connectivity index (χ1n) is 4.10.